The van der Waals surface area contributed by atoms with Gasteiger partial charge in [-0.25, -0.2) is 9.97 Å². The highest BCUT2D eigenvalue weighted by Gasteiger charge is 2.20. The van der Waals surface area contributed by atoms with Crippen molar-refractivity contribution in [1.82, 2.24) is 15.3 Å². The first-order chi connectivity index (χ1) is 9.72. The third-order valence-electron chi connectivity index (χ3n) is 3.61. The van der Waals surface area contributed by atoms with Crippen molar-refractivity contribution in [3.8, 4) is 11.8 Å². The highest BCUT2D eigenvalue weighted by atomic mass is 16.5. The van der Waals surface area contributed by atoms with Gasteiger partial charge in [-0.2, -0.15) is 0 Å². The molecule has 0 aliphatic heterocycles. The Morgan fingerprint density at radius 1 is 1.20 bits per heavy atom. The summed E-state index contributed by atoms with van der Waals surface area (Å²) in [6, 6.07) is 7.07. The molecule has 1 fully saturated rings. The molecule has 0 saturated heterocycles. The molecule has 2 aromatic rings. The number of benzene rings is 1. The lowest BCUT2D eigenvalue weighted by Crippen LogP contribution is -2.15. The third kappa shape index (κ3) is 3.14. The maximum atomic E-state index is 5.74. The van der Waals surface area contributed by atoms with Crippen LogP contribution in [0, 0.1) is 13.8 Å². The highest BCUT2D eigenvalue weighted by Crippen LogP contribution is 2.24. The summed E-state index contributed by atoms with van der Waals surface area (Å²) >= 11 is 0. The number of hydrogen-bond donors (Lipinski definition) is 1. The smallest absolute Gasteiger partial charge is 0.321 e. The molecule has 1 heterocycles. The largest absolute Gasteiger partial charge is 0.424 e. The summed E-state index contributed by atoms with van der Waals surface area (Å²) in [5, 5.41) is 3.44. The Kier molecular flexibility index (Phi) is 3.65. The Morgan fingerprint density at radius 3 is 2.65 bits per heavy atom. The predicted molar refractivity (Wildman–Crippen MR) is 77.9 cm³/mol. The van der Waals surface area contributed by atoms with E-state index in [-0.39, 0.29) is 0 Å². The fourth-order valence-corrected chi connectivity index (χ4v) is 1.97. The van der Waals surface area contributed by atoms with Crippen molar-refractivity contribution in [3.05, 3.63) is 47.3 Å². The van der Waals surface area contributed by atoms with Crippen molar-refractivity contribution in [3.63, 3.8) is 0 Å². The van der Waals surface area contributed by atoms with Crippen molar-refractivity contribution in [2.45, 2.75) is 39.3 Å². The first-order valence-electron chi connectivity index (χ1n) is 7.01. The molecule has 0 spiro atoms. The van der Waals surface area contributed by atoms with Crippen molar-refractivity contribution in [2.75, 3.05) is 0 Å². The Morgan fingerprint density at radius 2 is 1.95 bits per heavy atom. The van der Waals surface area contributed by atoms with Crippen LogP contribution in [0.15, 0.2) is 30.6 Å². The van der Waals surface area contributed by atoms with E-state index in [0.29, 0.717) is 12.1 Å². The fourth-order valence-electron chi connectivity index (χ4n) is 1.97. The number of rotatable bonds is 5. The van der Waals surface area contributed by atoms with E-state index in [0.717, 1.165) is 23.4 Å². The van der Waals surface area contributed by atoms with Crippen molar-refractivity contribution in [2.24, 2.45) is 0 Å². The van der Waals surface area contributed by atoms with Crippen LogP contribution in [0.1, 0.15) is 29.5 Å². The monoisotopic (exact) mass is 269 g/mol. The minimum Gasteiger partial charge on any atom is -0.424 e. The Hall–Kier alpha value is -1.94. The summed E-state index contributed by atoms with van der Waals surface area (Å²) in [5.41, 5.74) is 3.41. The zero-order chi connectivity index (χ0) is 13.9. The molecule has 1 aliphatic carbocycles. The first-order valence-corrected chi connectivity index (χ1v) is 7.01. The molecule has 1 N–H and O–H groups in total. The lowest BCUT2D eigenvalue weighted by Gasteiger charge is -2.09. The van der Waals surface area contributed by atoms with Crippen LogP contribution in [0.25, 0.3) is 0 Å². The Labute approximate surface area is 119 Å². The van der Waals surface area contributed by atoms with E-state index >= 15 is 0 Å². The van der Waals surface area contributed by atoms with Gasteiger partial charge in [0.05, 0.1) is 0 Å². The number of aromatic nitrogens is 2. The maximum absolute atomic E-state index is 5.74. The van der Waals surface area contributed by atoms with Crippen LogP contribution in [0.2, 0.25) is 0 Å². The Bertz CT molecular complexity index is 591. The van der Waals surface area contributed by atoms with Crippen LogP contribution in [-0.4, -0.2) is 16.0 Å². The molecule has 0 atom stereocenters. The minimum atomic E-state index is 0.397. The van der Waals surface area contributed by atoms with E-state index in [4.69, 9.17) is 4.74 Å². The fraction of sp³-hybridized carbons (Fsp3) is 0.375. The van der Waals surface area contributed by atoms with Gasteiger partial charge < -0.3 is 10.1 Å². The quantitative estimate of drug-likeness (QED) is 0.906. The average Bonchev–Trinajstić information content (AvgIpc) is 3.27. The molecule has 20 heavy (non-hydrogen) atoms. The summed E-state index contributed by atoms with van der Waals surface area (Å²) in [6.45, 7) is 4.93. The standard InChI is InChI=1S/C16H19N3O/c1-11-4-3-5-15(12(11)2)20-16-18-9-13(10-19-16)8-17-14-6-7-14/h3-5,9-10,14,17H,6-8H2,1-2H3. The second-order valence-corrected chi connectivity index (χ2v) is 5.33. The molecule has 1 aromatic heterocycles. The number of hydrogen-bond acceptors (Lipinski definition) is 4. The molecule has 104 valence electrons. The van der Waals surface area contributed by atoms with Crippen LogP contribution >= 0.6 is 0 Å². The van der Waals surface area contributed by atoms with Gasteiger partial charge in [0.1, 0.15) is 5.75 Å². The van der Waals surface area contributed by atoms with Crippen molar-refractivity contribution in [1.29, 1.82) is 0 Å². The van der Waals surface area contributed by atoms with Crippen molar-refractivity contribution >= 4 is 0 Å². The van der Waals surface area contributed by atoms with Crippen LogP contribution in [0.5, 0.6) is 11.8 Å². The van der Waals surface area contributed by atoms with Crippen LogP contribution < -0.4 is 10.1 Å². The minimum absolute atomic E-state index is 0.397. The van der Waals surface area contributed by atoms with E-state index in [1.165, 1.54) is 18.4 Å². The predicted octanol–water partition coefficient (Wildman–Crippen LogP) is 3.14. The number of aryl methyl sites for hydroxylation is 1. The molecule has 0 radical (unpaired) electrons. The number of nitrogens with one attached hydrogen (secondary N) is 1. The zero-order valence-corrected chi connectivity index (χ0v) is 11.9. The van der Waals surface area contributed by atoms with Gasteiger partial charge in [-0.3, -0.25) is 0 Å². The van der Waals surface area contributed by atoms with E-state index < -0.39 is 0 Å². The molecule has 0 amide bonds. The molecule has 4 nitrogen and oxygen atoms in total. The molecular formula is C16H19N3O. The molecule has 0 bridgehead atoms. The topological polar surface area (TPSA) is 47.0 Å². The molecule has 4 heteroatoms. The van der Waals surface area contributed by atoms with Gasteiger partial charge in [-0.15, -0.1) is 0 Å². The number of nitrogens with zero attached hydrogens (tertiary/aromatic N) is 2. The van der Waals surface area contributed by atoms with Gasteiger partial charge >= 0.3 is 6.01 Å². The van der Waals surface area contributed by atoms with Crippen LogP contribution in [0.3, 0.4) is 0 Å². The normalized spacial score (nSPS) is 14.3. The summed E-state index contributed by atoms with van der Waals surface area (Å²) in [6.07, 6.45) is 6.22. The second kappa shape index (κ2) is 5.59. The van der Waals surface area contributed by atoms with Crippen LogP contribution in [-0.2, 0) is 6.54 Å². The molecule has 1 saturated carbocycles. The molecular weight excluding hydrogens is 250 g/mol. The summed E-state index contributed by atoms with van der Waals surface area (Å²) in [4.78, 5) is 8.54. The SMILES string of the molecule is Cc1cccc(Oc2ncc(CNC3CC3)cn2)c1C. The van der Waals surface area contributed by atoms with E-state index in [1.54, 1.807) is 0 Å². The maximum Gasteiger partial charge on any atom is 0.321 e. The lowest BCUT2D eigenvalue weighted by atomic mass is 10.1. The van der Waals surface area contributed by atoms with Gasteiger partial charge in [0.2, 0.25) is 0 Å². The average molecular weight is 269 g/mol. The Balaban J connectivity index is 1.66. The molecule has 1 aromatic carbocycles. The summed E-state index contributed by atoms with van der Waals surface area (Å²) in [5.74, 6) is 0.814. The summed E-state index contributed by atoms with van der Waals surface area (Å²) < 4.78 is 5.74. The lowest BCUT2D eigenvalue weighted by molar-refractivity contribution is 0.437. The highest BCUT2D eigenvalue weighted by molar-refractivity contribution is 5.39. The zero-order valence-electron chi connectivity index (χ0n) is 11.9. The third-order valence-corrected chi connectivity index (χ3v) is 3.61. The van der Waals surface area contributed by atoms with Gasteiger partial charge in [-0.1, -0.05) is 12.1 Å². The second-order valence-electron chi connectivity index (χ2n) is 5.33. The van der Waals surface area contributed by atoms with Crippen LogP contribution in [0.4, 0.5) is 0 Å². The van der Waals surface area contributed by atoms with E-state index in [1.807, 2.05) is 31.5 Å². The van der Waals surface area contributed by atoms with E-state index in [9.17, 15) is 0 Å². The van der Waals surface area contributed by atoms with Gasteiger partial charge in [0, 0.05) is 30.5 Å². The number of ether oxygens (including phenoxy) is 1. The van der Waals surface area contributed by atoms with E-state index in [2.05, 4.69) is 28.3 Å². The van der Waals surface area contributed by atoms with Gasteiger partial charge in [0.25, 0.3) is 0 Å². The van der Waals surface area contributed by atoms with Crippen molar-refractivity contribution < 1.29 is 4.74 Å². The molecule has 1 aliphatic rings. The van der Waals surface area contributed by atoms with Gasteiger partial charge in [-0.05, 0) is 43.9 Å². The molecule has 3 rings (SSSR count). The summed E-state index contributed by atoms with van der Waals surface area (Å²) in [7, 11) is 0. The molecule has 0 unspecified atom stereocenters. The van der Waals surface area contributed by atoms with Gasteiger partial charge in [0.15, 0.2) is 0 Å². The first kappa shape index (κ1) is 13.1.